The van der Waals surface area contributed by atoms with Crippen LogP contribution in [0, 0.1) is 5.82 Å². The summed E-state index contributed by atoms with van der Waals surface area (Å²) in [6.45, 7) is -0.640. The topological polar surface area (TPSA) is 67.4 Å². The van der Waals surface area contributed by atoms with Crippen LogP contribution in [0.25, 0.3) is 0 Å². The molecule has 2 aromatic rings. The van der Waals surface area contributed by atoms with Crippen LogP contribution in [0.5, 0.6) is 5.75 Å². The summed E-state index contributed by atoms with van der Waals surface area (Å²) in [7, 11) is 0. The standard InChI is InChI=1S/C16H13Cl2FN2O3/c17-10-5-6-14(11(18)7-10)24-9-16(23)20-8-15(22)21-13-4-2-1-3-12(13)19/h1-7H,8-9H2,(H,20,23)(H,21,22). The van der Waals surface area contributed by atoms with Gasteiger partial charge < -0.3 is 15.4 Å². The van der Waals surface area contributed by atoms with E-state index in [4.69, 9.17) is 27.9 Å². The zero-order valence-electron chi connectivity index (χ0n) is 12.3. The van der Waals surface area contributed by atoms with Crippen molar-refractivity contribution in [2.24, 2.45) is 0 Å². The Morgan fingerprint density at radius 2 is 1.83 bits per heavy atom. The van der Waals surface area contributed by atoms with Crippen LogP contribution in [0.4, 0.5) is 10.1 Å². The highest BCUT2D eigenvalue weighted by Crippen LogP contribution is 2.27. The molecule has 0 fully saturated rings. The van der Waals surface area contributed by atoms with Gasteiger partial charge >= 0.3 is 0 Å². The van der Waals surface area contributed by atoms with Gasteiger partial charge in [0.05, 0.1) is 17.3 Å². The second-order valence-corrected chi connectivity index (χ2v) is 5.51. The van der Waals surface area contributed by atoms with E-state index in [2.05, 4.69) is 10.6 Å². The number of halogens is 3. The largest absolute Gasteiger partial charge is 0.482 e. The van der Waals surface area contributed by atoms with Crippen molar-refractivity contribution in [2.75, 3.05) is 18.5 Å². The molecule has 0 aromatic heterocycles. The van der Waals surface area contributed by atoms with Gasteiger partial charge in [0.25, 0.3) is 5.91 Å². The fraction of sp³-hybridized carbons (Fsp3) is 0.125. The SMILES string of the molecule is O=C(COc1ccc(Cl)cc1Cl)NCC(=O)Nc1ccccc1F. The minimum Gasteiger partial charge on any atom is -0.482 e. The summed E-state index contributed by atoms with van der Waals surface area (Å²) in [5.74, 6) is -1.34. The number of ether oxygens (including phenoxy) is 1. The van der Waals surface area contributed by atoms with Gasteiger partial charge in [-0.15, -0.1) is 0 Å². The Morgan fingerprint density at radius 1 is 1.08 bits per heavy atom. The van der Waals surface area contributed by atoms with Crippen molar-refractivity contribution in [3.63, 3.8) is 0 Å². The number of benzene rings is 2. The number of amides is 2. The van der Waals surface area contributed by atoms with Crippen molar-refractivity contribution in [2.45, 2.75) is 0 Å². The molecule has 2 aromatic carbocycles. The first-order valence-corrected chi connectivity index (χ1v) is 7.60. The Kier molecular flexibility index (Phi) is 6.40. The van der Waals surface area contributed by atoms with Gasteiger partial charge in [-0.2, -0.15) is 0 Å². The minimum atomic E-state index is -0.558. The number of hydrogen-bond acceptors (Lipinski definition) is 3. The zero-order valence-corrected chi connectivity index (χ0v) is 13.8. The lowest BCUT2D eigenvalue weighted by Gasteiger charge is -2.09. The predicted molar refractivity (Wildman–Crippen MR) is 90.0 cm³/mol. The highest BCUT2D eigenvalue weighted by molar-refractivity contribution is 6.35. The van der Waals surface area contributed by atoms with Gasteiger partial charge in [-0.05, 0) is 30.3 Å². The third kappa shape index (κ3) is 5.40. The van der Waals surface area contributed by atoms with E-state index in [1.807, 2.05) is 0 Å². The van der Waals surface area contributed by atoms with E-state index < -0.39 is 17.6 Å². The van der Waals surface area contributed by atoms with Gasteiger partial charge in [0.2, 0.25) is 5.91 Å². The van der Waals surface area contributed by atoms with Crippen LogP contribution < -0.4 is 15.4 Å². The van der Waals surface area contributed by atoms with Gasteiger partial charge in [-0.25, -0.2) is 4.39 Å². The molecule has 0 aliphatic rings. The average Bonchev–Trinajstić information content (AvgIpc) is 2.54. The molecule has 0 heterocycles. The molecule has 2 N–H and O–H groups in total. The molecule has 0 atom stereocenters. The van der Waals surface area contributed by atoms with Crippen LogP contribution in [0.3, 0.4) is 0 Å². The fourth-order valence-corrected chi connectivity index (χ4v) is 2.19. The molecular weight excluding hydrogens is 358 g/mol. The minimum absolute atomic E-state index is 0.0425. The van der Waals surface area contributed by atoms with Crippen LogP contribution >= 0.6 is 23.2 Å². The molecule has 0 unspecified atom stereocenters. The maximum Gasteiger partial charge on any atom is 0.258 e. The van der Waals surface area contributed by atoms with Gasteiger partial charge in [0.1, 0.15) is 11.6 Å². The van der Waals surface area contributed by atoms with E-state index in [0.29, 0.717) is 10.8 Å². The first-order valence-electron chi connectivity index (χ1n) is 6.84. The number of para-hydroxylation sites is 1. The molecule has 2 rings (SSSR count). The van der Waals surface area contributed by atoms with Crippen molar-refractivity contribution in [1.82, 2.24) is 5.32 Å². The first-order chi connectivity index (χ1) is 11.5. The second-order valence-electron chi connectivity index (χ2n) is 4.67. The van der Waals surface area contributed by atoms with E-state index in [1.165, 1.54) is 30.3 Å². The third-order valence-corrected chi connectivity index (χ3v) is 3.38. The van der Waals surface area contributed by atoms with E-state index in [9.17, 15) is 14.0 Å². The number of nitrogens with one attached hydrogen (secondary N) is 2. The van der Waals surface area contributed by atoms with Crippen molar-refractivity contribution in [3.8, 4) is 5.75 Å². The maximum absolute atomic E-state index is 13.4. The first kappa shape index (κ1) is 18.0. The van der Waals surface area contributed by atoms with E-state index in [0.717, 1.165) is 0 Å². The van der Waals surface area contributed by atoms with Crippen LogP contribution in [0.1, 0.15) is 0 Å². The van der Waals surface area contributed by atoms with Crippen molar-refractivity contribution < 1.29 is 18.7 Å². The van der Waals surface area contributed by atoms with Crippen LogP contribution in [0.2, 0.25) is 10.0 Å². The second kappa shape index (κ2) is 8.52. The molecular formula is C16H13Cl2FN2O3. The molecule has 0 aliphatic carbocycles. The Hall–Kier alpha value is -2.31. The molecule has 0 spiro atoms. The van der Waals surface area contributed by atoms with Gasteiger partial charge in [-0.1, -0.05) is 35.3 Å². The summed E-state index contributed by atoms with van der Waals surface area (Å²) >= 11 is 11.7. The summed E-state index contributed by atoms with van der Waals surface area (Å²) in [5, 5.41) is 5.42. The molecule has 0 saturated carbocycles. The summed E-state index contributed by atoms with van der Waals surface area (Å²) in [4.78, 5) is 23.3. The third-order valence-electron chi connectivity index (χ3n) is 2.85. The Balaban J connectivity index is 1.76. The zero-order chi connectivity index (χ0) is 17.5. The number of hydrogen-bond donors (Lipinski definition) is 2. The smallest absolute Gasteiger partial charge is 0.258 e. The lowest BCUT2D eigenvalue weighted by molar-refractivity contribution is -0.125. The molecule has 0 saturated heterocycles. The summed E-state index contributed by atoms with van der Waals surface area (Å²) in [6, 6.07) is 10.3. The van der Waals surface area contributed by atoms with E-state index in [1.54, 1.807) is 12.1 Å². The number of carbonyl (C=O) groups excluding carboxylic acids is 2. The van der Waals surface area contributed by atoms with Crippen LogP contribution in [0.15, 0.2) is 42.5 Å². The summed E-state index contributed by atoms with van der Waals surface area (Å²) in [5.41, 5.74) is 0.0425. The normalized spacial score (nSPS) is 10.1. The molecule has 126 valence electrons. The molecule has 8 heteroatoms. The predicted octanol–water partition coefficient (Wildman–Crippen LogP) is 3.27. The highest BCUT2D eigenvalue weighted by atomic mass is 35.5. The molecule has 5 nitrogen and oxygen atoms in total. The van der Waals surface area contributed by atoms with Crippen molar-refractivity contribution in [3.05, 3.63) is 58.3 Å². The summed E-state index contributed by atoms with van der Waals surface area (Å²) < 4.78 is 18.6. The maximum atomic E-state index is 13.4. The average molecular weight is 371 g/mol. The molecule has 0 aliphatic heterocycles. The van der Waals surface area contributed by atoms with E-state index in [-0.39, 0.29) is 23.9 Å². The number of carbonyl (C=O) groups is 2. The van der Waals surface area contributed by atoms with Gasteiger partial charge in [0.15, 0.2) is 6.61 Å². The summed E-state index contributed by atoms with van der Waals surface area (Å²) in [6.07, 6.45) is 0. The number of anilines is 1. The Labute approximate surface area is 147 Å². The molecule has 0 bridgehead atoms. The lowest BCUT2D eigenvalue weighted by Crippen LogP contribution is -2.35. The van der Waals surface area contributed by atoms with E-state index >= 15 is 0 Å². The van der Waals surface area contributed by atoms with Gasteiger partial charge in [-0.3, -0.25) is 9.59 Å². The van der Waals surface area contributed by atoms with Crippen LogP contribution in [-0.4, -0.2) is 25.0 Å². The van der Waals surface area contributed by atoms with Gasteiger partial charge in [0, 0.05) is 5.02 Å². The monoisotopic (exact) mass is 370 g/mol. The highest BCUT2D eigenvalue weighted by Gasteiger charge is 2.10. The Morgan fingerprint density at radius 3 is 2.54 bits per heavy atom. The molecule has 2 amide bonds. The lowest BCUT2D eigenvalue weighted by atomic mass is 10.3. The quantitative estimate of drug-likeness (QED) is 0.819. The Bertz CT molecular complexity index is 756. The number of rotatable bonds is 6. The fourth-order valence-electron chi connectivity index (χ4n) is 1.72. The van der Waals surface area contributed by atoms with Crippen molar-refractivity contribution >= 4 is 40.7 Å². The molecule has 0 radical (unpaired) electrons. The van der Waals surface area contributed by atoms with Crippen LogP contribution in [-0.2, 0) is 9.59 Å². The molecule has 24 heavy (non-hydrogen) atoms. The van der Waals surface area contributed by atoms with Crippen molar-refractivity contribution in [1.29, 1.82) is 0 Å².